The second-order valence-electron chi connectivity index (χ2n) is 9.01. The number of nitrogens with zero attached hydrogens (tertiary/aromatic N) is 4. The number of rotatable bonds is 5. The molecule has 5 rings (SSSR count). The van der Waals surface area contributed by atoms with Gasteiger partial charge in [0, 0.05) is 38.3 Å². The third-order valence-corrected chi connectivity index (χ3v) is 6.84. The maximum absolute atomic E-state index is 12.9. The van der Waals surface area contributed by atoms with Gasteiger partial charge < -0.3 is 15.0 Å². The van der Waals surface area contributed by atoms with Crippen LogP contribution in [-0.4, -0.2) is 69.3 Å². The Labute approximate surface area is 201 Å². The van der Waals surface area contributed by atoms with Crippen LogP contribution in [0.1, 0.15) is 52.1 Å². The van der Waals surface area contributed by atoms with Gasteiger partial charge in [-0.05, 0) is 43.0 Å². The van der Waals surface area contributed by atoms with Gasteiger partial charge in [-0.15, -0.1) is 11.5 Å². The van der Waals surface area contributed by atoms with Crippen LogP contribution < -0.4 is 10.6 Å². The van der Waals surface area contributed by atoms with Gasteiger partial charge >= 0.3 is 0 Å². The van der Waals surface area contributed by atoms with E-state index in [1.54, 1.807) is 18.2 Å². The second kappa shape index (κ2) is 8.96. The van der Waals surface area contributed by atoms with Crippen molar-refractivity contribution in [1.29, 1.82) is 0 Å². The number of aromatic nitrogens is 3. The Morgan fingerprint density at radius 2 is 2.09 bits per heavy atom. The zero-order valence-corrected chi connectivity index (χ0v) is 19.0. The lowest BCUT2D eigenvalue weighted by molar-refractivity contribution is -0.136. The summed E-state index contributed by atoms with van der Waals surface area (Å²) in [5, 5.41) is 13.2. The maximum Gasteiger partial charge on any atom is 0.273 e. The largest absolute Gasteiger partial charge is 0.381 e. The molecular formula is C24H24N6O5. The second-order valence-corrected chi connectivity index (χ2v) is 9.01. The molecule has 3 aliphatic heterocycles. The molecule has 1 atom stereocenters. The lowest BCUT2D eigenvalue weighted by atomic mass is 9.81. The van der Waals surface area contributed by atoms with Gasteiger partial charge in [0.15, 0.2) is 5.69 Å². The molecule has 2 N–H and O–H groups in total. The number of terminal acetylenes is 1. The molecule has 1 aromatic heterocycles. The minimum atomic E-state index is -0.681. The molecule has 11 heteroatoms. The number of piperidine rings is 1. The molecule has 0 aliphatic carbocycles. The molecule has 3 aliphatic rings. The summed E-state index contributed by atoms with van der Waals surface area (Å²) in [6, 6.07) is 4.48. The van der Waals surface area contributed by atoms with Crippen molar-refractivity contribution in [1.82, 2.24) is 30.5 Å². The number of ether oxygens (including phenoxy) is 1. The van der Waals surface area contributed by atoms with Crippen LogP contribution in [0, 0.1) is 17.8 Å². The van der Waals surface area contributed by atoms with E-state index in [9.17, 15) is 19.2 Å². The van der Waals surface area contributed by atoms with Crippen molar-refractivity contribution in [2.24, 2.45) is 5.41 Å². The van der Waals surface area contributed by atoms with Crippen LogP contribution in [0.4, 0.5) is 0 Å². The highest BCUT2D eigenvalue weighted by Gasteiger charge is 2.39. The fourth-order valence-corrected chi connectivity index (χ4v) is 4.67. The molecule has 1 aromatic carbocycles. The van der Waals surface area contributed by atoms with Crippen LogP contribution in [0.5, 0.6) is 0 Å². The normalized spacial score (nSPS) is 21.3. The Bertz CT molecular complexity index is 1260. The molecule has 4 heterocycles. The molecule has 11 nitrogen and oxygen atoms in total. The molecule has 180 valence electrons. The molecule has 0 spiro atoms. The lowest BCUT2D eigenvalue weighted by Crippen LogP contribution is -2.52. The van der Waals surface area contributed by atoms with E-state index < -0.39 is 17.4 Å². The SMILES string of the molecule is C#CC1(CNC(=O)c2cn(-c3ccc4c(c3)CN(C3CCC(=O)NC3=O)C4=O)nn2)CCOCC1. The van der Waals surface area contributed by atoms with Crippen molar-refractivity contribution in [3.8, 4) is 18.0 Å². The van der Waals surface area contributed by atoms with Crippen molar-refractivity contribution in [3.63, 3.8) is 0 Å². The summed E-state index contributed by atoms with van der Waals surface area (Å²) in [5.41, 5.74) is 1.57. The van der Waals surface area contributed by atoms with Crippen LogP contribution >= 0.6 is 0 Å². The topological polar surface area (TPSA) is 136 Å². The Kier molecular flexibility index (Phi) is 5.82. The summed E-state index contributed by atoms with van der Waals surface area (Å²) in [7, 11) is 0. The van der Waals surface area contributed by atoms with Crippen molar-refractivity contribution >= 4 is 23.6 Å². The highest BCUT2D eigenvalue weighted by Crippen LogP contribution is 2.30. The number of amides is 4. The summed E-state index contributed by atoms with van der Waals surface area (Å²) in [5.74, 6) is 1.39. The van der Waals surface area contributed by atoms with Crippen LogP contribution in [0.2, 0.25) is 0 Å². The van der Waals surface area contributed by atoms with E-state index in [1.165, 1.54) is 15.8 Å². The molecule has 2 fully saturated rings. The summed E-state index contributed by atoms with van der Waals surface area (Å²) < 4.78 is 6.83. The molecule has 1 unspecified atom stereocenters. The van der Waals surface area contributed by atoms with E-state index in [-0.39, 0.29) is 36.4 Å². The Balaban J connectivity index is 1.27. The number of nitrogens with one attached hydrogen (secondary N) is 2. The predicted molar refractivity (Wildman–Crippen MR) is 121 cm³/mol. The Morgan fingerprint density at radius 3 is 2.83 bits per heavy atom. The first-order chi connectivity index (χ1) is 16.9. The highest BCUT2D eigenvalue weighted by atomic mass is 16.5. The van der Waals surface area contributed by atoms with E-state index in [2.05, 4.69) is 26.9 Å². The third-order valence-electron chi connectivity index (χ3n) is 6.84. The molecule has 2 aromatic rings. The van der Waals surface area contributed by atoms with E-state index in [0.29, 0.717) is 50.3 Å². The van der Waals surface area contributed by atoms with Gasteiger partial charge in [0.05, 0.1) is 17.3 Å². The molecule has 4 amide bonds. The number of benzene rings is 1. The number of imide groups is 1. The first-order valence-electron chi connectivity index (χ1n) is 11.4. The minimum absolute atomic E-state index is 0.144. The summed E-state index contributed by atoms with van der Waals surface area (Å²) in [6.45, 7) is 1.71. The molecule has 0 bridgehead atoms. The zero-order valence-electron chi connectivity index (χ0n) is 19.0. The maximum atomic E-state index is 12.9. The number of carbonyl (C=O) groups excluding carboxylic acids is 4. The van der Waals surface area contributed by atoms with E-state index in [0.717, 1.165) is 5.56 Å². The zero-order chi connectivity index (χ0) is 24.6. The predicted octanol–water partition coefficient (Wildman–Crippen LogP) is 0.188. The highest BCUT2D eigenvalue weighted by molar-refractivity contribution is 6.05. The number of fused-ring (bicyclic) bond motifs is 1. The van der Waals surface area contributed by atoms with Crippen molar-refractivity contribution in [2.75, 3.05) is 19.8 Å². The first-order valence-corrected chi connectivity index (χ1v) is 11.4. The van der Waals surface area contributed by atoms with Crippen LogP contribution in [-0.2, 0) is 20.9 Å². The molecular weight excluding hydrogens is 452 g/mol. The van der Waals surface area contributed by atoms with Crippen LogP contribution in [0.15, 0.2) is 24.4 Å². The summed E-state index contributed by atoms with van der Waals surface area (Å²) >= 11 is 0. The van der Waals surface area contributed by atoms with Gasteiger partial charge in [-0.1, -0.05) is 11.1 Å². The third kappa shape index (κ3) is 4.28. The average Bonchev–Trinajstić information content (AvgIpc) is 3.48. The summed E-state index contributed by atoms with van der Waals surface area (Å²) in [4.78, 5) is 50.7. The van der Waals surface area contributed by atoms with Crippen molar-refractivity contribution in [3.05, 3.63) is 41.2 Å². The van der Waals surface area contributed by atoms with Gasteiger partial charge in [-0.25, -0.2) is 4.68 Å². The smallest absolute Gasteiger partial charge is 0.273 e. The summed E-state index contributed by atoms with van der Waals surface area (Å²) in [6.07, 6.45) is 9.08. The average molecular weight is 476 g/mol. The van der Waals surface area contributed by atoms with Gasteiger partial charge in [-0.3, -0.25) is 24.5 Å². The Hall–Kier alpha value is -4.04. The first kappa shape index (κ1) is 22.7. The van der Waals surface area contributed by atoms with Crippen molar-refractivity contribution < 1.29 is 23.9 Å². The molecule has 35 heavy (non-hydrogen) atoms. The number of carbonyl (C=O) groups is 4. The lowest BCUT2D eigenvalue weighted by Gasteiger charge is -2.32. The quantitative estimate of drug-likeness (QED) is 0.464. The molecule has 0 radical (unpaired) electrons. The van der Waals surface area contributed by atoms with E-state index in [1.807, 2.05) is 0 Å². The monoisotopic (exact) mass is 476 g/mol. The number of hydrogen-bond acceptors (Lipinski definition) is 7. The molecule has 0 saturated carbocycles. The fraction of sp³-hybridized carbons (Fsp3) is 0.417. The van der Waals surface area contributed by atoms with Gasteiger partial charge in [0.1, 0.15) is 6.04 Å². The van der Waals surface area contributed by atoms with Gasteiger partial charge in [-0.2, -0.15) is 0 Å². The van der Waals surface area contributed by atoms with E-state index >= 15 is 0 Å². The molecule has 2 saturated heterocycles. The van der Waals surface area contributed by atoms with Crippen LogP contribution in [0.25, 0.3) is 5.69 Å². The van der Waals surface area contributed by atoms with Gasteiger partial charge in [0.2, 0.25) is 11.8 Å². The Morgan fingerprint density at radius 1 is 1.29 bits per heavy atom. The fourth-order valence-electron chi connectivity index (χ4n) is 4.67. The van der Waals surface area contributed by atoms with Gasteiger partial charge in [0.25, 0.3) is 11.8 Å². The van der Waals surface area contributed by atoms with Crippen LogP contribution in [0.3, 0.4) is 0 Å². The number of hydrogen-bond donors (Lipinski definition) is 2. The van der Waals surface area contributed by atoms with E-state index in [4.69, 9.17) is 11.2 Å². The standard InChI is InChI=1S/C24H24N6O5/c1-2-24(7-9-35-10-8-24)14-25-21(32)18-13-30(28-27-18)16-3-4-17-15(11-16)12-29(23(17)34)19-5-6-20(31)26-22(19)33/h1,3-4,11,13,19H,5-10,12,14H2,(H,25,32)(H,26,31,33). The van der Waals surface area contributed by atoms with Crippen molar-refractivity contribution in [2.45, 2.75) is 38.3 Å². The minimum Gasteiger partial charge on any atom is -0.381 e.